The number of nitrogens with one attached hydrogen (secondary N) is 1. The van der Waals surface area contributed by atoms with E-state index in [-0.39, 0.29) is 0 Å². The summed E-state index contributed by atoms with van der Waals surface area (Å²) in [6.45, 7) is 6.38. The van der Waals surface area contributed by atoms with Gasteiger partial charge >= 0.3 is 0 Å². The molecule has 0 saturated carbocycles. The van der Waals surface area contributed by atoms with Crippen molar-refractivity contribution in [1.29, 1.82) is 0 Å². The molecule has 0 aliphatic rings. The van der Waals surface area contributed by atoms with Crippen LogP contribution in [0.1, 0.15) is 38.4 Å². The summed E-state index contributed by atoms with van der Waals surface area (Å²) in [6, 6.07) is 2.59. The summed E-state index contributed by atoms with van der Waals surface area (Å²) in [6.07, 6.45) is 6.38. The number of aromatic nitrogens is 2. The summed E-state index contributed by atoms with van der Waals surface area (Å²) in [5.74, 6) is 1.19. The molecule has 1 aromatic heterocycles. The van der Waals surface area contributed by atoms with Gasteiger partial charge in [0.05, 0.1) is 5.69 Å². The molecule has 1 N–H and O–H groups in total. The fourth-order valence-electron chi connectivity index (χ4n) is 1.87. The minimum Gasteiger partial charge on any atom is -0.309 e. The number of nitrogens with zero attached hydrogens (tertiary/aromatic N) is 2. The Morgan fingerprint density at radius 3 is 2.94 bits per heavy atom. The normalized spacial score (nSPS) is 12.9. The van der Waals surface area contributed by atoms with Crippen LogP contribution < -0.4 is 5.32 Å². The Bertz CT molecular complexity index is 286. The van der Waals surface area contributed by atoms with E-state index in [1.807, 2.05) is 18.0 Å². The zero-order valence-corrected chi connectivity index (χ0v) is 11.4. The van der Waals surface area contributed by atoms with E-state index in [4.69, 9.17) is 0 Å². The highest BCUT2D eigenvalue weighted by atomic mass is 32.2. The van der Waals surface area contributed by atoms with Gasteiger partial charge in [-0.15, -0.1) is 0 Å². The van der Waals surface area contributed by atoms with Crippen molar-refractivity contribution in [1.82, 2.24) is 15.1 Å². The molecule has 0 aliphatic heterocycles. The predicted octanol–water partition coefficient (Wildman–Crippen LogP) is 2.70. The molecule has 0 saturated heterocycles. The molecule has 0 aliphatic carbocycles. The molecule has 0 amide bonds. The monoisotopic (exact) mass is 241 g/mol. The van der Waals surface area contributed by atoms with Gasteiger partial charge in [0.1, 0.15) is 0 Å². The van der Waals surface area contributed by atoms with Crippen molar-refractivity contribution in [3.63, 3.8) is 0 Å². The third-order valence-electron chi connectivity index (χ3n) is 2.60. The molecular formula is C12H23N3S. The van der Waals surface area contributed by atoms with Crippen molar-refractivity contribution in [2.75, 3.05) is 18.6 Å². The number of aryl methyl sites for hydroxylation is 1. The molecule has 1 atom stereocenters. The third-order valence-corrected chi connectivity index (χ3v) is 3.25. The average Bonchev–Trinajstić information content (AvgIpc) is 2.73. The molecule has 0 radical (unpaired) electrons. The first kappa shape index (κ1) is 13.6. The number of hydrogen-bond acceptors (Lipinski definition) is 3. The van der Waals surface area contributed by atoms with E-state index in [1.165, 1.54) is 17.9 Å². The van der Waals surface area contributed by atoms with Crippen molar-refractivity contribution in [3.8, 4) is 0 Å². The molecule has 0 bridgehead atoms. The highest BCUT2D eigenvalue weighted by Gasteiger charge is 2.14. The van der Waals surface area contributed by atoms with E-state index in [9.17, 15) is 0 Å². The van der Waals surface area contributed by atoms with Crippen LogP contribution in [0.2, 0.25) is 0 Å². The van der Waals surface area contributed by atoms with Crippen molar-refractivity contribution >= 4 is 11.8 Å². The summed E-state index contributed by atoms with van der Waals surface area (Å²) in [5, 5.41) is 7.93. The summed E-state index contributed by atoms with van der Waals surface area (Å²) in [4.78, 5) is 0. The van der Waals surface area contributed by atoms with Crippen LogP contribution in [0.25, 0.3) is 0 Å². The van der Waals surface area contributed by atoms with Gasteiger partial charge in [0, 0.05) is 18.8 Å². The number of thioether (sulfide) groups is 1. The van der Waals surface area contributed by atoms with Gasteiger partial charge in [-0.1, -0.05) is 13.8 Å². The Morgan fingerprint density at radius 1 is 1.50 bits per heavy atom. The largest absolute Gasteiger partial charge is 0.309 e. The van der Waals surface area contributed by atoms with Crippen LogP contribution in [-0.2, 0) is 6.54 Å². The molecule has 1 unspecified atom stereocenters. The number of rotatable bonds is 8. The SMILES string of the molecule is CCCn1nccc1C(CCSC)NCC. The molecule has 0 aromatic carbocycles. The van der Waals surface area contributed by atoms with E-state index >= 15 is 0 Å². The van der Waals surface area contributed by atoms with Crippen LogP contribution >= 0.6 is 11.8 Å². The molecular weight excluding hydrogens is 218 g/mol. The second kappa shape index (κ2) is 7.74. The third kappa shape index (κ3) is 3.83. The average molecular weight is 241 g/mol. The van der Waals surface area contributed by atoms with Gasteiger partial charge in [0.15, 0.2) is 0 Å². The number of hydrogen-bond donors (Lipinski definition) is 1. The van der Waals surface area contributed by atoms with Gasteiger partial charge in [-0.25, -0.2) is 0 Å². The Balaban J connectivity index is 2.70. The van der Waals surface area contributed by atoms with E-state index in [0.29, 0.717) is 6.04 Å². The first-order valence-corrected chi connectivity index (χ1v) is 7.46. The van der Waals surface area contributed by atoms with Gasteiger partial charge < -0.3 is 5.32 Å². The van der Waals surface area contributed by atoms with E-state index < -0.39 is 0 Å². The second-order valence-corrected chi connectivity index (χ2v) is 4.86. The molecule has 1 aromatic rings. The fourth-order valence-corrected chi connectivity index (χ4v) is 2.35. The van der Waals surface area contributed by atoms with Gasteiger partial charge in [-0.3, -0.25) is 4.68 Å². The minimum atomic E-state index is 0.450. The Labute approximate surface area is 103 Å². The topological polar surface area (TPSA) is 29.9 Å². The Morgan fingerprint density at radius 2 is 2.31 bits per heavy atom. The van der Waals surface area contributed by atoms with E-state index in [2.05, 4.69) is 41.3 Å². The van der Waals surface area contributed by atoms with Crippen LogP contribution in [0.15, 0.2) is 12.3 Å². The fraction of sp³-hybridized carbons (Fsp3) is 0.750. The molecule has 1 heterocycles. The van der Waals surface area contributed by atoms with E-state index in [1.54, 1.807) is 0 Å². The first-order chi connectivity index (χ1) is 7.83. The highest BCUT2D eigenvalue weighted by molar-refractivity contribution is 7.98. The minimum absolute atomic E-state index is 0.450. The van der Waals surface area contributed by atoms with Gasteiger partial charge in [0.2, 0.25) is 0 Å². The van der Waals surface area contributed by atoms with Gasteiger partial charge in [-0.05, 0) is 37.5 Å². The van der Waals surface area contributed by atoms with Crippen molar-refractivity contribution < 1.29 is 0 Å². The van der Waals surface area contributed by atoms with Crippen LogP contribution in [0.3, 0.4) is 0 Å². The maximum atomic E-state index is 4.39. The smallest absolute Gasteiger partial charge is 0.0553 e. The van der Waals surface area contributed by atoms with Crippen molar-refractivity contribution in [2.24, 2.45) is 0 Å². The maximum absolute atomic E-state index is 4.39. The van der Waals surface area contributed by atoms with Crippen LogP contribution in [0.4, 0.5) is 0 Å². The van der Waals surface area contributed by atoms with E-state index in [0.717, 1.165) is 19.5 Å². The summed E-state index contributed by atoms with van der Waals surface area (Å²) in [7, 11) is 0. The maximum Gasteiger partial charge on any atom is 0.0553 e. The summed E-state index contributed by atoms with van der Waals surface area (Å²) < 4.78 is 2.13. The lowest BCUT2D eigenvalue weighted by Gasteiger charge is -2.18. The lowest BCUT2D eigenvalue weighted by atomic mass is 10.1. The summed E-state index contributed by atoms with van der Waals surface area (Å²) in [5.41, 5.74) is 1.33. The second-order valence-electron chi connectivity index (χ2n) is 3.87. The quantitative estimate of drug-likeness (QED) is 0.759. The standard InChI is InChI=1S/C12H23N3S/c1-4-9-15-12(6-8-14-15)11(13-5-2)7-10-16-3/h6,8,11,13H,4-5,7,9-10H2,1-3H3. The zero-order chi connectivity index (χ0) is 11.8. The lowest BCUT2D eigenvalue weighted by Crippen LogP contribution is -2.24. The molecule has 1 rings (SSSR count). The molecule has 16 heavy (non-hydrogen) atoms. The molecule has 92 valence electrons. The van der Waals surface area contributed by atoms with Crippen molar-refractivity contribution in [2.45, 2.75) is 39.3 Å². The highest BCUT2D eigenvalue weighted by Crippen LogP contribution is 2.18. The van der Waals surface area contributed by atoms with Crippen LogP contribution in [-0.4, -0.2) is 28.3 Å². The van der Waals surface area contributed by atoms with Crippen LogP contribution in [0, 0.1) is 0 Å². The van der Waals surface area contributed by atoms with Crippen LogP contribution in [0.5, 0.6) is 0 Å². The molecule has 4 heteroatoms. The molecule has 3 nitrogen and oxygen atoms in total. The Hall–Kier alpha value is -0.480. The first-order valence-electron chi connectivity index (χ1n) is 6.07. The lowest BCUT2D eigenvalue weighted by molar-refractivity contribution is 0.473. The Kier molecular flexibility index (Phi) is 6.57. The predicted molar refractivity (Wildman–Crippen MR) is 71.9 cm³/mol. The van der Waals surface area contributed by atoms with Crippen molar-refractivity contribution in [3.05, 3.63) is 18.0 Å². The molecule has 0 fully saturated rings. The van der Waals surface area contributed by atoms with Gasteiger partial charge in [-0.2, -0.15) is 16.9 Å². The zero-order valence-electron chi connectivity index (χ0n) is 10.6. The molecule has 0 spiro atoms. The van der Waals surface area contributed by atoms with Gasteiger partial charge in [0.25, 0.3) is 0 Å². The summed E-state index contributed by atoms with van der Waals surface area (Å²) >= 11 is 1.90.